The molecule has 0 radical (unpaired) electrons. The summed E-state index contributed by atoms with van der Waals surface area (Å²) >= 11 is 0. The molecule has 2 aromatic carbocycles. The van der Waals surface area contributed by atoms with Gasteiger partial charge in [0.15, 0.2) is 5.82 Å². The van der Waals surface area contributed by atoms with Gasteiger partial charge in [-0.2, -0.15) is 10.2 Å². The molecular weight excluding hydrogens is 510 g/mol. The molecule has 0 aliphatic carbocycles. The molecule has 2 aliphatic rings. The maximum Gasteiger partial charge on any atom is 0.410 e. The van der Waals surface area contributed by atoms with E-state index in [4.69, 9.17) is 14.2 Å². The standard InChI is InChI=1S/C29H33N7O4/c1-29(2,3)40-28(37)36-11-10-24(18-36)39-25-9-4-20(16-21(25)17-30)26-31-19-32-27(34-26)33-22-5-7-23(8-6-22)35-12-14-38-15-13-35/h4-9,16,19,24H,10-15,18H2,1-3H3,(H,31,32,33,34). The second kappa shape index (κ2) is 11.8. The van der Waals surface area contributed by atoms with Crippen LogP contribution < -0.4 is 15.0 Å². The van der Waals surface area contributed by atoms with Crippen LogP contribution >= 0.6 is 0 Å². The molecule has 1 unspecified atom stereocenters. The van der Waals surface area contributed by atoms with Crippen LogP contribution in [0.5, 0.6) is 5.75 Å². The second-order valence-electron chi connectivity index (χ2n) is 10.7. The van der Waals surface area contributed by atoms with Crippen molar-refractivity contribution in [1.29, 1.82) is 5.26 Å². The zero-order chi connectivity index (χ0) is 28.1. The monoisotopic (exact) mass is 543 g/mol. The summed E-state index contributed by atoms with van der Waals surface area (Å²) < 4.78 is 17.0. The van der Waals surface area contributed by atoms with Crippen molar-refractivity contribution in [2.75, 3.05) is 49.6 Å². The van der Waals surface area contributed by atoms with Gasteiger partial charge in [0.1, 0.15) is 29.9 Å². The van der Waals surface area contributed by atoms with Crippen LogP contribution in [0.1, 0.15) is 32.8 Å². The van der Waals surface area contributed by atoms with Crippen LogP contribution in [0, 0.1) is 11.3 Å². The predicted molar refractivity (Wildman–Crippen MR) is 150 cm³/mol. The van der Waals surface area contributed by atoms with E-state index in [9.17, 15) is 10.1 Å². The van der Waals surface area contributed by atoms with Gasteiger partial charge in [0, 0.05) is 43.0 Å². The van der Waals surface area contributed by atoms with Crippen molar-refractivity contribution >= 4 is 23.4 Å². The molecule has 40 heavy (non-hydrogen) atoms. The van der Waals surface area contributed by atoms with Crippen LogP contribution in [-0.2, 0) is 9.47 Å². The van der Waals surface area contributed by atoms with E-state index in [-0.39, 0.29) is 12.2 Å². The second-order valence-corrected chi connectivity index (χ2v) is 10.7. The van der Waals surface area contributed by atoms with Gasteiger partial charge in [0.05, 0.1) is 25.3 Å². The molecular formula is C29H33N7O4. The normalized spacial score (nSPS) is 17.3. The highest BCUT2D eigenvalue weighted by Gasteiger charge is 2.31. The summed E-state index contributed by atoms with van der Waals surface area (Å²) in [6.45, 7) is 9.69. The highest BCUT2D eigenvalue weighted by molar-refractivity contribution is 5.68. The first kappa shape index (κ1) is 27.1. The molecule has 3 heterocycles. The minimum absolute atomic E-state index is 0.229. The lowest BCUT2D eigenvalue weighted by Crippen LogP contribution is -2.36. The number of ether oxygens (including phenoxy) is 3. The van der Waals surface area contributed by atoms with Gasteiger partial charge in [0.2, 0.25) is 5.95 Å². The van der Waals surface area contributed by atoms with E-state index in [0.717, 1.165) is 37.7 Å². The molecule has 2 saturated heterocycles. The third kappa shape index (κ3) is 6.76. The van der Waals surface area contributed by atoms with Crippen LogP contribution in [-0.4, -0.2) is 77.0 Å². The third-order valence-electron chi connectivity index (χ3n) is 6.52. The Labute approximate surface area is 233 Å². The largest absolute Gasteiger partial charge is 0.487 e. The number of likely N-dealkylation sites (tertiary alicyclic amines) is 1. The summed E-state index contributed by atoms with van der Waals surface area (Å²) in [5, 5.41) is 13.0. The molecule has 1 aromatic heterocycles. The van der Waals surface area contributed by atoms with E-state index in [0.29, 0.717) is 48.2 Å². The van der Waals surface area contributed by atoms with Gasteiger partial charge in [-0.15, -0.1) is 0 Å². The fourth-order valence-electron chi connectivity index (χ4n) is 4.56. The van der Waals surface area contributed by atoms with Crippen molar-refractivity contribution in [3.63, 3.8) is 0 Å². The number of amides is 1. The van der Waals surface area contributed by atoms with Gasteiger partial charge in [0.25, 0.3) is 0 Å². The number of nitriles is 1. The van der Waals surface area contributed by atoms with Crippen molar-refractivity contribution in [3.05, 3.63) is 54.4 Å². The van der Waals surface area contributed by atoms with Crippen LogP contribution in [0.4, 0.5) is 22.1 Å². The minimum atomic E-state index is -0.558. The van der Waals surface area contributed by atoms with Crippen LogP contribution in [0.15, 0.2) is 48.8 Å². The number of morpholine rings is 1. The van der Waals surface area contributed by atoms with E-state index >= 15 is 0 Å². The fraction of sp³-hybridized carbons (Fsp3) is 0.414. The first-order valence-corrected chi connectivity index (χ1v) is 13.4. The Balaban J connectivity index is 1.23. The predicted octanol–water partition coefficient (Wildman–Crippen LogP) is 4.38. The van der Waals surface area contributed by atoms with Gasteiger partial charge >= 0.3 is 6.09 Å². The quantitative estimate of drug-likeness (QED) is 0.479. The number of aromatic nitrogens is 3. The summed E-state index contributed by atoms with van der Waals surface area (Å²) in [6, 6.07) is 15.6. The summed E-state index contributed by atoms with van der Waals surface area (Å²) in [5.41, 5.74) is 2.47. The zero-order valence-corrected chi connectivity index (χ0v) is 23.0. The lowest BCUT2D eigenvalue weighted by atomic mass is 10.1. The molecule has 2 aliphatic heterocycles. The maximum atomic E-state index is 12.4. The minimum Gasteiger partial charge on any atom is -0.487 e. The lowest BCUT2D eigenvalue weighted by Gasteiger charge is -2.28. The topological polar surface area (TPSA) is 126 Å². The van der Waals surface area contributed by atoms with Gasteiger partial charge < -0.3 is 29.3 Å². The SMILES string of the molecule is CC(C)(C)OC(=O)N1CCC(Oc2ccc(-c3ncnc(Nc4ccc(N5CCOCC5)cc4)n3)cc2C#N)C1. The molecule has 0 spiro atoms. The van der Waals surface area contributed by atoms with Crippen LogP contribution in [0.3, 0.4) is 0 Å². The number of anilines is 3. The van der Waals surface area contributed by atoms with Crippen molar-refractivity contribution in [2.24, 2.45) is 0 Å². The number of hydrogen-bond acceptors (Lipinski definition) is 10. The van der Waals surface area contributed by atoms with Crippen molar-refractivity contribution in [2.45, 2.75) is 38.9 Å². The molecule has 3 aromatic rings. The highest BCUT2D eigenvalue weighted by Crippen LogP contribution is 2.28. The number of rotatable bonds is 6. The first-order chi connectivity index (χ1) is 19.3. The fourth-order valence-corrected chi connectivity index (χ4v) is 4.56. The van der Waals surface area contributed by atoms with Gasteiger partial charge in [-0.3, -0.25) is 0 Å². The van der Waals surface area contributed by atoms with Gasteiger partial charge in [-0.05, 0) is 63.2 Å². The summed E-state index contributed by atoms with van der Waals surface area (Å²) in [7, 11) is 0. The van der Waals surface area contributed by atoms with E-state index < -0.39 is 5.60 Å². The Kier molecular flexibility index (Phi) is 7.98. The molecule has 5 rings (SSSR count). The molecule has 11 nitrogen and oxygen atoms in total. The molecule has 2 fully saturated rings. The number of nitrogens with one attached hydrogen (secondary N) is 1. The van der Waals surface area contributed by atoms with E-state index in [1.807, 2.05) is 39.0 Å². The average Bonchev–Trinajstić information content (AvgIpc) is 3.42. The molecule has 1 atom stereocenters. The molecule has 1 amide bonds. The molecule has 1 N–H and O–H groups in total. The Bertz CT molecular complexity index is 1380. The Hall–Kier alpha value is -4.43. The summed E-state index contributed by atoms with van der Waals surface area (Å²) in [5.74, 6) is 1.29. The Morgan fingerprint density at radius 2 is 1.88 bits per heavy atom. The number of benzene rings is 2. The van der Waals surface area contributed by atoms with Crippen molar-refractivity contribution in [1.82, 2.24) is 19.9 Å². The van der Waals surface area contributed by atoms with E-state index in [2.05, 4.69) is 43.4 Å². The summed E-state index contributed by atoms with van der Waals surface area (Å²) in [6.07, 6.45) is 1.50. The number of hydrogen-bond donors (Lipinski definition) is 1. The summed E-state index contributed by atoms with van der Waals surface area (Å²) in [4.78, 5) is 29.4. The van der Waals surface area contributed by atoms with Crippen LogP contribution in [0.25, 0.3) is 11.4 Å². The van der Waals surface area contributed by atoms with Crippen molar-refractivity contribution < 1.29 is 19.0 Å². The third-order valence-corrected chi connectivity index (χ3v) is 6.52. The number of carbonyl (C=O) groups is 1. The van der Waals surface area contributed by atoms with Crippen molar-refractivity contribution in [3.8, 4) is 23.2 Å². The highest BCUT2D eigenvalue weighted by atomic mass is 16.6. The average molecular weight is 544 g/mol. The maximum absolute atomic E-state index is 12.4. The van der Waals surface area contributed by atoms with Crippen LogP contribution in [0.2, 0.25) is 0 Å². The molecule has 208 valence electrons. The van der Waals surface area contributed by atoms with E-state index in [1.54, 1.807) is 17.0 Å². The smallest absolute Gasteiger partial charge is 0.410 e. The van der Waals surface area contributed by atoms with E-state index in [1.165, 1.54) is 6.33 Å². The van der Waals surface area contributed by atoms with Gasteiger partial charge in [-0.1, -0.05) is 0 Å². The number of nitrogens with zero attached hydrogens (tertiary/aromatic N) is 6. The Morgan fingerprint density at radius 1 is 1.10 bits per heavy atom. The van der Waals surface area contributed by atoms with Gasteiger partial charge in [-0.25, -0.2) is 14.8 Å². The number of carbonyl (C=O) groups excluding carboxylic acids is 1. The zero-order valence-electron chi connectivity index (χ0n) is 23.0. The lowest BCUT2D eigenvalue weighted by molar-refractivity contribution is 0.0275. The molecule has 0 bridgehead atoms. The Morgan fingerprint density at radius 3 is 2.60 bits per heavy atom. The molecule has 11 heteroatoms. The molecule has 0 saturated carbocycles. The first-order valence-electron chi connectivity index (χ1n) is 13.4.